The largest absolute Gasteiger partial charge is 0.496 e. The van der Waals surface area contributed by atoms with Gasteiger partial charge in [0.2, 0.25) is 0 Å². The summed E-state index contributed by atoms with van der Waals surface area (Å²) in [7, 11) is 7.06. The van der Waals surface area contributed by atoms with Gasteiger partial charge >= 0.3 is 0 Å². The van der Waals surface area contributed by atoms with Crippen molar-refractivity contribution in [3.63, 3.8) is 0 Å². The Morgan fingerprint density at radius 2 is 2.30 bits per heavy atom. The average Bonchev–Trinajstić information content (AvgIpc) is 1.88. The zero-order valence-electron chi connectivity index (χ0n) is 5.47. The van der Waals surface area contributed by atoms with E-state index in [2.05, 4.69) is 27.6 Å². The Morgan fingerprint density at radius 3 is 2.80 bits per heavy atom. The molecule has 1 aromatic rings. The minimum atomic E-state index is 0.439. The van der Waals surface area contributed by atoms with Gasteiger partial charge in [0, 0.05) is 5.59 Å². The zero-order chi connectivity index (χ0) is 7.56. The molecule has 0 N–H and O–H groups in total. The quantitative estimate of drug-likeness (QED) is 0.408. The predicted molar refractivity (Wildman–Crippen MR) is 48.9 cm³/mol. The molecular weight excluding hydrogens is 240 g/mol. The first kappa shape index (κ1) is 7.85. The van der Waals surface area contributed by atoms with Gasteiger partial charge in [-0.25, -0.2) is 0 Å². The lowest BCUT2D eigenvalue weighted by Crippen LogP contribution is -2.12. The minimum Gasteiger partial charge on any atom is -0.496 e. The number of ether oxygens (including phenoxy) is 1. The fourth-order valence-corrected chi connectivity index (χ4v) is 1.05. The van der Waals surface area contributed by atoms with E-state index in [-0.39, 0.29) is 0 Å². The van der Waals surface area contributed by atoms with Gasteiger partial charge in [-0.15, -0.1) is 0 Å². The van der Waals surface area contributed by atoms with E-state index in [1.54, 1.807) is 13.2 Å². The van der Waals surface area contributed by atoms with Crippen molar-refractivity contribution in [3.8, 4) is 5.75 Å². The summed E-state index contributed by atoms with van der Waals surface area (Å²) in [6.07, 6.45) is 0. The van der Waals surface area contributed by atoms with Crippen molar-refractivity contribution < 1.29 is 4.74 Å². The van der Waals surface area contributed by atoms with E-state index in [9.17, 15) is 0 Å². The van der Waals surface area contributed by atoms with Crippen LogP contribution in [0.2, 0.25) is 0 Å². The van der Waals surface area contributed by atoms with Crippen molar-refractivity contribution in [1.82, 2.24) is 4.98 Å². The average molecular weight is 245 g/mol. The van der Waals surface area contributed by atoms with Crippen LogP contribution < -0.4 is 10.3 Å². The molecule has 10 heavy (non-hydrogen) atoms. The second-order valence-electron chi connectivity index (χ2n) is 1.72. The predicted octanol–water partition coefficient (Wildman–Crippen LogP) is 0.489. The Kier molecular flexibility index (Phi) is 2.53. The van der Waals surface area contributed by atoms with Crippen molar-refractivity contribution >= 4 is 36.0 Å². The highest BCUT2D eigenvalue weighted by atomic mass is 127. The second kappa shape index (κ2) is 3.23. The van der Waals surface area contributed by atoms with E-state index in [0.29, 0.717) is 11.3 Å². The summed E-state index contributed by atoms with van der Waals surface area (Å²) in [4.78, 5) is 3.98. The standard InChI is InChI=1S/C6H5BINO/c1-10-4-2-3-5(8)9-6(4)7/h2-3H,1H3. The summed E-state index contributed by atoms with van der Waals surface area (Å²) in [5.41, 5.74) is 0.439. The number of pyridine rings is 1. The molecule has 1 aromatic heterocycles. The van der Waals surface area contributed by atoms with E-state index in [0.717, 1.165) is 3.70 Å². The van der Waals surface area contributed by atoms with Crippen LogP contribution in [0.3, 0.4) is 0 Å². The van der Waals surface area contributed by atoms with Gasteiger partial charge in [0.1, 0.15) is 17.3 Å². The molecule has 1 heterocycles. The van der Waals surface area contributed by atoms with Gasteiger partial charge in [-0.05, 0) is 34.7 Å². The molecule has 4 heteroatoms. The number of nitrogens with zero attached hydrogens (tertiary/aromatic N) is 1. The molecule has 0 aliphatic rings. The van der Waals surface area contributed by atoms with Crippen LogP contribution in [0.1, 0.15) is 0 Å². The monoisotopic (exact) mass is 245 g/mol. The number of aromatic nitrogens is 1. The van der Waals surface area contributed by atoms with Crippen molar-refractivity contribution in [3.05, 3.63) is 15.8 Å². The molecule has 1 rings (SSSR count). The van der Waals surface area contributed by atoms with E-state index in [4.69, 9.17) is 12.6 Å². The first-order valence-electron chi connectivity index (χ1n) is 2.70. The van der Waals surface area contributed by atoms with Crippen LogP contribution in [-0.4, -0.2) is 19.9 Å². The normalized spacial score (nSPS) is 9.40. The summed E-state index contributed by atoms with van der Waals surface area (Å²) in [6, 6.07) is 3.64. The third-order valence-electron chi connectivity index (χ3n) is 1.07. The molecule has 0 atom stereocenters. The topological polar surface area (TPSA) is 22.1 Å². The Labute approximate surface area is 74.5 Å². The SMILES string of the molecule is [B]c1nc(I)ccc1OC. The molecule has 0 saturated heterocycles. The van der Waals surface area contributed by atoms with Crippen molar-refractivity contribution in [2.24, 2.45) is 0 Å². The first-order chi connectivity index (χ1) is 4.74. The summed E-state index contributed by atoms with van der Waals surface area (Å²) in [5, 5.41) is 0. The fraction of sp³-hybridized carbons (Fsp3) is 0.167. The number of rotatable bonds is 1. The maximum absolute atomic E-state index is 5.49. The lowest BCUT2D eigenvalue weighted by Gasteiger charge is -2.02. The first-order valence-corrected chi connectivity index (χ1v) is 3.78. The minimum absolute atomic E-state index is 0.439. The highest BCUT2D eigenvalue weighted by molar-refractivity contribution is 14.1. The van der Waals surface area contributed by atoms with Crippen LogP contribution in [0.5, 0.6) is 5.75 Å². The number of hydrogen-bond acceptors (Lipinski definition) is 2. The Morgan fingerprint density at radius 1 is 1.60 bits per heavy atom. The third kappa shape index (κ3) is 1.62. The smallest absolute Gasteiger partial charge is 0.147 e. The molecule has 0 spiro atoms. The number of halogens is 1. The highest BCUT2D eigenvalue weighted by Gasteiger charge is 1.96. The summed E-state index contributed by atoms with van der Waals surface area (Å²) in [6.45, 7) is 0. The molecule has 0 aliphatic carbocycles. The molecule has 0 bridgehead atoms. The van der Waals surface area contributed by atoms with Gasteiger partial charge in [0.25, 0.3) is 0 Å². The number of hydrogen-bond donors (Lipinski definition) is 0. The van der Waals surface area contributed by atoms with Gasteiger partial charge in [0.15, 0.2) is 0 Å². The van der Waals surface area contributed by atoms with Crippen LogP contribution in [0.25, 0.3) is 0 Å². The van der Waals surface area contributed by atoms with E-state index >= 15 is 0 Å². The molecular formula is C6H5BINO. The van der Waals surface area contributed by atoms with E-state index in [1.807, 2.05) is 6.07 Å². The van der Waals surface area contributed by atoms with Crippen LogP contribution in [0.15, 0.2) is 12.1 Å². The fourth-order valence-electron chi connectivity index (χ4n) is 0.610. The Balaban J connectivity index is 3.07. The third-order valence-corrected chi connectivity index (χ3v) is 1.67. The summed E-state index contributed by atoms with van der Waals surface area (Å²) >= 11 is 2.09. The molecule has 0 unspecified atom stereocenters. The molecule has 2 nitrogen and oxygen atoms in total. The molecule has 0 saturated carbocycles. The maximum atomic E-state index is 5.49. The van der Waals surface area contributed by atoms with Crippen LogP contribution in [-0.2, 0) is 0 Å². The van der Waals surface area contributed by atoms with Crippen molar-refractivity contribution in [2.45, 2.75) is 0 Å². The van der Waals surface area contributed by atoms with Gasteiger partial charge in [-0.3, -0.25) is 4.98 Å². The zero-order valence-corrected chi connectivity index (χ0v) is 7.62. The van der Waals surface area contributed by atoms with E-state index < -0.39 is 0 Å². The van der Waals surface area contributed by atoms with Gasteiger partial charge in [-0.2, -0.15) is 0 Å². The maximum Gasteiger partial charge on any atom is 0.147 e. The highest BCUT2D eigenvalue weighted by Crippen LogP contribution is 2.05. The number of methoxy groups -OCH3 is 1. The van der Waals surface area contributed by atoms with Crippen LogP contribution in [0.4, 0.5) is 0 Å². The Hall–Kier alpha value is -0.255. The second-order valence-corrected chi connectivity index (χ2v) is 2.83. The molecule has 0 aromatic carbocycles. The molecule has 50 valence electrons. The van der Waals surface area contributed by atoms with Crippen LogP contribution >= 0.6 is 22.6 Å². The van der Waals surface area contributed by atoms with Crippen LogP contribution in [0, 0.1) is 3.70 Å². The van der Waals surface area contributed by atoms with Gasteiger partial charge in [-0.1, -0.05) is 0 Å². The van der Waals surface area contributed by atoms with Gasteiger partial charge < -0.3 is 4.74 Å². The van der Waals surface area contributed by atoms with Crippen molar-refractivity contribution in [1.29, 1.82) is 0 Å². The van der Waals surface area contributed by atoms with Crippen molar-refractivity contribution in [2.75, 3.05) is 7.11 Å². The van der Waals surface area contributed by atoms with Gasteiger partial charge in [0.05, 0.1) is 7.11 Å². The Bertz CT molecular complexity index is 241. The molecule has 0 fully saturated rings. The lowest BCUT2D eigenvalue weighted by atomic mass is 10.0. The summed E-state index contributed by atoms with van der Waals surface area (Å²) < 4.78 is 5.78. The molecule has 2 radical (unpaired) electrons. The van der Waals surface area contributed by atoms with E-state index in [1.165, 1.54) is 0 Å². The molecule has 0 amide bonds. The summed E-state index contributed by atoms with van der Waals surface area (Å²) in [5.74, 6) is 0.625. The lowest BCUT2D eigenvalue weighted by molar-refractivity contribution is 0.416. The molecule has 0 aliphatic heterocycles.